The van der Waals surface area contributed by atoms with Gasteiger partial charge in [0.2, 0.25) is 5.89 Å². The van der Waals surface area contributed by atoms with E-state index in [-0.39, 0.29) is 17.4 Å². The van der Waals surface area contributed by atoms with E-state index < -0.39 is 11.7 Å². The van der Waals surface area contributed by atoms with Crippen LogP contribution in [-0.2, 0) is 4.79 Å². The maximum absolute atomic E-state index is 13.2. The van der Waals surface area contributed by atoms with Gasteiger partial charge in [0.25, 0.3) is 5.91 Å². The molecule has 0 aliphatic rings. The van der Waals surface area contributed by atoms with Gasteiger partial charge in [-0.25, -0.2) is 4.39 Å². The van der Waals surface area contributed by atoms with E-state index >= 15 is 0 Å². The zero-order valence-electron chi connectivity index (χ0n) is 12.9. The van der Waals surface area contributed by atoms with Crippen LogP contribution in [0.4, 0.5) is 10.4 Å². The summed E-state index contributed by atoms with van der Waals surface area (Å²) in [5.41, 5.74) is 0.495. The molecule has 0 aliphatic carbocycles. The lowest BCUT2D eigenvalue weighted by atomic mass is 10.3. The van der Waals surface area contributed by atoms with Crippen molar-refractivity contribution in [3.8, 4) is 5.75 Å². The molecule has 0 bridgehead atoms. The van der Waals surface area contributed by atoms with Gasteiger partial charge >= 0.3 is 6.01 Å². The molecular weight excluding hydrogens is 339 g/mol. The Morgan fingerprint density at radius 3 is 2.92 bits per heavy atom. The van der Waals surface area contributed by atoms with Crippen molar-refractivity contribution in [2.45, 2.75) is 13.3 Å². The van der Waals surface area contributed by atoms with Crippen molar-refractivity contribution in [1.29, 1.82) is 0 Å². The molecule has 1 aromatic heterocycles. The van der Waals surface area contributed by atoms with E-state index in [0.717, 1.165) is 6.07 Å². The van der Waals surface area contributed by atoms with E-state index in [1.54, 1.807) is 6.92 Å². The zero-order chi connectivity index (χ0) is 17.5. The average molecular weight is 355 g/mol. The Bertz CT molecular complexity index is 735. The smallest absolute Gasteiger partial charge is 0.315 e. The van der Waals surface area contributed by atoms with Crippen molar-refractivity contribution in [3.63, 3.8) is 0 Å². The first-order valence-corrected chi connectivity index (χ1v) is 7.41. The quantitative estimate of drug-likeness (QED) is 0.757. The Labute approximate surface area is 142 Å². The minimum absolute atomic E-state index is 0.0101. The highest BCUT2D eigenvalue weighted by atomic mass is 35.5. The van der Waals surface area contributed by atoms with Crippen molar-refractivity contribution >= 4 is 23.5 Å². The van der Waals surface area contributed by atoms with E-state index in [2.05, 4.69) is 27.4 Å². The summed E-state index contributed by atoms with van der Waals surface area (Å²) in [6.45, 7) is 5.62. The summed E-state index contributed by atoms with van der Waals surface area (Å²) in [5.74, 6) is -0.336. The number of nitrogens with zero attached hydrogens (tertiary/aromatic N) is 2. The lowest BCUT2D eigenvalue weighted by Crippen LogP contribution is -2.28. The van der Waals surface area contributed by atoms with Crippen molar-refractivity contribution in [2.24, 2.45) is 0 Å². The highest BCUT2D eigenvalue weighted by molar-refractivity contribution is 6.30. The van der Waals surface area contributed by atoms with Crippen LogP contribution in [0.2, 0.25) is 5.02 Å². The largest absolute Gasteiger partial charge is 0.484 e. The third-order valence-electron chi connectivity index (χ3n) is 2.81. The molecule has 1 aromatic carbocycles. The van der Waals surface area contributed by atoms with Crippen LogP contribution in [-0.4, -0.2) is 29.3 Å². The third kappa shape index (κ3) is 5.54. The minimum Gasteiger partial charge on any atom is -0.484 e. The first kappa shape index (κ1) is 17.7. The number of nitrogens with one attached hydrogen (secondary N) is 2. The number of aromatic nitrogens is 2. The number of ether oxygens (including phenoxy) is 1. The van der Waals surface area contributed by atoms with E-state index in [4.69, 9.17) is 20.8 Å². The number of amides is 1. The van der Waals surface area contributed by atoms with E-state index in [1.165, 1.54) is 12.1 Å². The van der Waals surface area contributed by atoms with Gasteiger partial charge in [-0.15, -0.1) is 5.10 Å². The molecule has 0 fully saturated rings. The number of anilines is 1. The number of aryl methyl sites for hydroxylation is 1. The fraction of sp³-hybridized carbons (Fsp3) is 0.267. The Hall–Kier alpha value is -2.61. The molecule has 2 aromatic rings. The number of carbonyl (C=O) groups excluding carboxylic acids is 1. The number of rotatable bonds is 8. The Morgan fingerprint density at radius 1 is 1.46 bits per heavy atom. The van der Waals surface area contributed by atoms with Crippen molar-refractivity contribution in [1.82, 2.24) is 15.5 Å². The van der Waals surface area contributed by atoms with Crippen LogP contribution in [0.3, 0.4) is 0 Å². The van der Waals surface area contributed by atoms with Gasteiger partial charge < -0.3 is 19.8 Å². The third-order valence-corrected chi connectivity index (χ3v) is 3.11. The van der Waals surface area contributed by atoms with Gasteiger partial charge in [0.1, 0.15) is 11.6 Å². The summed E-state index contributed by atoms with van der Waals surface area (Å²) >= 11 is 5.56. The van der Waals surface area contributed by atoms with Gasteiger partial charge in [-0.3, -0.25) is 4.79 Å². The number of halogens is 2. The Balaban J connectivity index is 1.67. The first-order chi connectivity index (χ1) is 11.4. The molecule has 0 unspecified atom stereocenters. The molecule has 2 rings (SSSR count). The second kappa shape index (κ2) is 8.30. The molecule has 0 saturated carbocycles. The normalized spacial score (nSPS) is 10.3. The molecule has 0 aliphatic heterocycles. The van der Waals surface area contributed by atoms with E-state index in [9.17, 15) is 9.18 Å². The number of hydrogen-bond donors (Lipinski definition) is 2. The molecular formula is C15H16ClFN4O3. The average Bonchev–Trinajstić information content (AvgIpc) is 2.94. The molecule has 24 heavy (non-hydrogen) atoms. The maximum atomic E-state index is 13.2. The predicted molar refractivity (Wildman–Crippen MR) is 86.3 cm³/mol. The zero-order valence-corrected chi connectivity index (χ0v) is 13.7. The molecule has 0 atom stereocenters. The molecule has 0 spiro atoms. The second-order valence-corrected chi connectivity index (χ2v) is 5.23. The number of benzene rings is 1. The second-order valence-electron chi connectivity index (χ2n) is 4.82. The van der Waals surface area contributed by atoms with Gasteiger partial charge in [-0.1, -0.05) is 23.3 Å². The van der Waals surface area contributed by atoms with Crippen LogP contribution >= 0.6 is 11.6 Å². The molecule has 2 N–H and O–H groups in total. The summed E-state index contributed by atoms with van der Waals surface area (Å²) in [6.07, 6.45) is 0.461. The molecule has 0 saturated heterocycles. The Morgan fingerprint density at radius 2 is 2.25 bits per heavy atom. The standard InChI is InChI=1S/C15H16ClFN4O3/c1-9(5-6-18-15-21-20-10(2)24-15)19-14(22)8-23-11-3-4-12(16)13(17)7-11/h3-4,7H,1,5-6,8H2,2H3,(H,18,21)(H,19,22). The molecule has 1 heterocycles. The van der Waals surface area contributed by atoms with Crippen LogP contribution in [0, 0.1) is 12.7 Å². The van der Waals surface area contributed by atoms with Crippen LogP contribution < -0.4 is 15.4 Å². The van der Waals surface area contributed by atoms with Crippen molar-refractivity contribution in [2.75, 3.05) is 18.5 Å². The Kier molecular flexibility index (Phi) is 6.14. The summed E-state index contributed by atoms with van der Waals surface area (Å²) in [7, 11) is 0. The SMILES string of the molecule is C=C(CCNc1nnc(C)o1)NC(=O)COc1ccc(Cl)c(F)c1. The predicted octanol–water partition coefficient (Wildman–Crippen LogP) is 2.68. The highest BCUT2D eigenvalue weighted by Gasteiger charge is 2.07. The summed E-state index contributed by atoms with van der Waals surface area (Å²) < 4.78 is 23.6. The lowest BCUT2D eigenvalue weighted by Gasteiger charge is -2.10. The fourth-order valence-electron chi connectivity index (χ4n) is 1.70. The topological polar surface area (TPSA) is 89.3 Å². The lowest BCUT2D eigenvalue weighted by molar-refractivity contribution is -0.122. The highest BCUT2D eigenvalue weighted by Crippen LogP contribution is 2.20. The van der Waals surface area contributed by atoms with Crippen molar-refractivity contribution < 1.29 is 18.3 Å². The van der Waals surface area contributed by atoms with E-state index in [0.29, 0.717) is 30.6 Å². The number of hydrogen-bond acceptors (Lipinski definition) is 6. The van der Waals surface area contributed by atoms with Gasteiger partial charge in [0.05, 0.1) is 5.02 Å². The molecule has 0 radical (unpaired) electrons. The molecule has 128 valence electrons. The van der Waals surface area contributed by atoms with Crippen LogP contribution in [0.5, 0.6) is 5.75 Å². The minimum atomic E-state index is -0.610. The van der Waals surface area contributed by atoms with Gasteiger partial charge in [0, 0.05) is 31.7 Å². The van der Waals surface area contributed by atoms with E-state index in [1.807, 2.05) is 0 Å². The summed E-state index contributed by atoms with van der Waals surface area (Å²) in [6, 6.07) is 4.25. The van der Waals surface area contributed by atoms with Gasteiger partial charge in [-0.05, 0) is 12.1 Å². The monoisotopic (exact) mass is 354 g/mol. The molecule has 9 heteroatoms. The molecule has 1 amide bonds. The van der Waals surface area contributed by atoms with Gasteiger partial charge in [-0.2, -0.15) is 0 Å². The van der Waals surface area contributed by atoms with Crippen LogP contribution in [0.1, 0.15) is 12.3 Å². The van der Waals surface area contributed by atoms with Crippen molar-refractivity contribution in [3.05, 3.63) is 47.2 Å². The van der Waals surface area contributed by atoms with Crippen LogP contribution in [0.25, 0.3) is 0 Å². The first-order valence-electron chi connectivity index (χ1n) is 7.03. The molecule has 7 nitrogen and oxygen atoms in total. The van der Waals surface area contributed by atoms with Crippen LogP contribution in [0.15, 0.2) is 34.9 Å². The number of carbonyl (C=O) groups is 1. The summed E-state index contributed by atoms with van der Waals surface area (Å²) in [5, 5.41) is 12.9. The maximum Gasteiger partial charge on any atom is 0.315 e. The van der Waals surface area contributed by atoms with Gasteiger partial charge in [0.15, 0.2) is 6.61 Å². The summed E-state index contributed by atoms with van der Waals surface area (Å²) in [4.78, 5) is 11.7. The fourth-order valence-corrected chi connectivity index (χ4v) is 1.82.